The molecular formula is C15H13BrFNO2. The van der Waals surface area contributed by atoms with Crippen molar-refractivity contribution in [2.75, 3.05) is 0 Å². The second kappa shape index (κ2) is 6.63. The maximum atomic E-state index is 13.6. The molecule has 104 valence electrons. The summed E-state index contributed by atoms with van der Waals surface area (Å²) in [4.78, 5) is 10.8. The van der Waals surface area contributed by atoms with Crippen molar-refractivity contribution in [1.82, 2.24) is 5.32 Å². The van der Waals surface area contributed by atoms with Crippen molar-refractivity contribution in [2.24, 2.45) is 0 Å². The van der Waals surface area contributed by atoms with Crippen LogP contribution in [0.2, 0.25) is 0 Å². The van der Waals surface area contributed by atoms with Crippen LogP contribution in [0.3, 0.4) is 0 Å². The average molecular weight is 338 g/mol. The van der Waals surface area contributed by atoms with Gasteiger partial charge in [0.1, 0.15) is 5.82 Å². The number of rotatable bonds is 5. The van der Waals surface area contributed by atoms with Crippen molar-refractivity contribution in [2.45, 2.75) is 13.1 Å². The second-order valence-electron chi connectivity index (χ2n) is 4.34. The van der Waals surface area contributed by atoms with Crippen LogP contribution in [0.5, 0.6) is 0 Å². The Labute approximate surface area is 124 Å². The fourth-order valence-corrected chi connectivity index (χ4v) is 2.05. The Morgan fingerprint density at radius 3 is 2.50 bits per heavy atom. The van der Waals surface area contributed by atoms with Crippen LogP contribution in [0.25, 0.3) is 0 Å². The van der Waals surface area contributed by atoms with Gasteiger partial charge in [0.05, 0.1) is 5.56 Å². The van der Waals surface area contributed by atoms with Crippen LogP contribution in [-0.2, 0) is 13.1 Å². The molecule has 0 aliphatic carbocycles. The zero-order valence-corrected chi connectivity index (χ0v) is 12.2. The van der Waals surface area contributed by atoms with Gasteiger partial charge in [0.25, 0.3) is 0 Å². The molecule has 20 heavy (non-hydrogen) atoms. The van der Waals surface area contributed by atoms with Gasteiger partial charge in [-0.15, -0.1) is 0 Å². The first-order valence-electron chi connectivity index (χ1n) is 6.03. The number of carboxylic acids is 1. The van der Waals surface area contributed by atoms with E-state index in [4.69, 9.17) is 5.11 Å². The molecule has 0 bridgehead atoms. The van der Waals surface area contributed by atoms with Crippen molar-refractivity contribution in [3.63, 3.8) is 0 Å². The monoisotopic (exact) mass is 337 g/mol. The normalized spacial score (nSPS) is 10.5. The molecule has 0 saturated carbocycles. The van der Waals surface area contributed by atoms with Gasteiger partial charge in [0.2, 0.25) is 0 Å². The van der Waals surface area contributed by atoms with Crippen molar-refractivity contribution >= 4 is 21.9 Å². The number of halogens is 2. The predicted molar refractivity (Wildman–Crippen MR) is 78.0 cm³/mol. The highest BCUT2D eigenvalue weighted by molar-refractivity contribution is 9.10. The summed E-state index contributed by atoms with van der Waals surface area (Å²) in [6.45, 7) is 0.868. The van der Waals surface area contributed by atoms with Crippen molar-refractivity contribution in [3.8, 4) is 0 Å². The SMILES string of the molecule is O=C(O)c1ccc(F)c(CNCc2ccc(Br)cc2)c1. The van der Waals surface area contributed by atoms with Gasteiger partial charge >= 0.3 is 5.97 Å². The number of hydrogen-bond acceptors (Lipinski definition) is 2. The highest BCUT2D eigenvalue weighted by atomic mass is 79.9. The number of nitrogens with one attached hydrogen (secondary N) is 1. The molecule has 0 atom stereocenters. The highest BCUT2D eigenvalue weighted by Gasteiger charge is 2.08. The molecule has 0 unspecified atom stereocenters. The second-order valence-corrected chi connectivity index (χ2v) is 5.26. The standard InChI is InChI=1S/C15H13BrFNO2/c16-13-4-1-10(2-5-13)8-18-9-12-7-11(15(19)20)3-6-14(12)17/h1-7,18H,8-9H2,(H,19,20). The Bertz CT molecular complexity index is 614. The third kappa shape index (κ3) is 3.88. The molecule has 2 aromatic carbocycles. The molecule has 2 rings (SSSR count). The topological polar surface area (TPSA) is 49.3 Å². The lowest BCUT2D eigenvalue weighted by molar-refractivity contribution is 0.0696. The first-order valence-corrected chi connectivity index (χ1v) is 6.82. The minimum absolute atomic E-state index is 0.0897. The molecule has 0 spiro atoms. The lowest BCUT2D eigenvalue weighted by Gasteiger charge is -2.07. The molecule has 5 heteroatoms. The van der Waals surface area contributed by atoms with Gasteiger partial charge in [-0.3, -0.25) is 0 Å². The summed E-state index contributed by atoms with van der Waals surface area (Å²) in [7, 11) is 0. The van der Waals surface area contributed by atoms with E-state index >= 15 is 0 Å². The van der Waals surface area contributed by atoms with Gasteiger partial charge in [-0.25, -0.2) is 9.18 Å². The van der Waals surface area contributed by atoms with Gasteiger partial charge in [-0.2, -0.15) is 0 Å². The van der Waals surface area contributed by atoms with Crippen LogP contribution in [0, 0.1) is 5.82 Å². The molecule has 0 fully saturated rings. The molecule has 0 radical (unpaired) electrons. The number of benzene rings is 2. The van der Waals surface area contributed by atoms with E-state index in [-0.39, 0.29) is 12.1 Å². The number of carboxylic acid groups (broad SMARTS) is 1. The van der Waals surface area contributed by atoms with Crippen molar-refractivity contribution in [1.29, 1.82) is 0 Å². The molecule has 0 amide bonds. The van der Waals surface area contributed by atoms with Crippen molar-refractivity contribution in [3.05, 3.63) is 69.4 Å². The van der Waals surface area contributed by atoms with E-state index in [1.165, 1.54) is 18.2 Å². The summed E-state index contributed by atoms with van der Waals surface area (Å²) in [6.07, 6.45) is 0. The molecule has 2 aromatic rings. The van der Waals surface area contributed by atoms with E-state index < -0.39 is 11.8 Å². The van der Waals surface area contributed by atoms with Crippen LogP contribution in [0.15, 0.2) is 46.9 Å². The molecular weight excluding hydrogens is 325 g/mol. The third-order valence-corrected chi connectivity index (χ3v) is 3.38. The zero-order valence-electron chi connectivity index (χ0n) is 10.6. The Morgan fingerprint density at radius 1 is 1.15 bits per heavy atom. The molecule has 0 aliphatic rings. The molecule has 3 nitrogen and oxygen atoms in total. The van der Waals surface area contributed by atoms with Crippen LogP contribution >= 0.6 is 15.9 Å². The summed E-state index contributed by atoms with van der Waals surface area (Å²) >= 11 is 3.36. The Hall–Kier alpha value is -1.72. The van der Waals surface area contributed by atoms with E-state index in [0.29, 0.717) is 12.1 Å². The summed E-state index contributed by atoms with van der Waals surface area (Å²) < 4.78 is 14.6. The number of carbonyl (C=O) groups is 1. The quantitative estimate of drug-likeness (QED) is 0.876. The fraction of sp³-hybridized carbons (Fsp3) is 0.133. The Kier molecular flexibility index (Phi) is 4.87. The maximum absolute atomic E-state index is 13.6. The largest absolute Gasteiger partial charge is 0.478 e. The maximum Gasteiger partial charge on any atom is 0.335 e. The zero-order chi connectivity index (χ0) is 14.5. The summed E-state index contributed by atoms with van der Waals surface area (Å²) in [5, 5.41) is 12.0. The Balaban J connectivity index is 1.98. The van der Waals surface area contributed by atoms with E-state index in [9.17, 15) is 9.18 Å². The summed E-state index contributed by atoms with van der Waals surface area (Å²) in [5.41, 5.74) is 1.51. The molecule has 0 saturated heterocycles. The molecule has 0 heterocycles. The number of aromatic carboxylic acids is 1. The first-order chi connectivity index (χ1) is 9.56. The van der Waals surface area contributed by atoms with E-state index in [1.54, 1.807) is 0 Å². The molecule has 0 aliphatic heterocycles. The summed E-state index contributed by atoms with van der Waals surface area (Å²) in [5.74, 6) is -1.46. The van der Waals surface area contributed by atoms with Gasteiger partial charge in [-0.05, 0) is 35.9 Å². The van der Waals surface area contributed by atoms with Crippen LogP contribution in [0.4, 0.5) is 4.39 Å². The van der Waals surface area contributed by atoms with Crippen LogP contribution in [0.1, 0.15) is 21.5 Å². The van der Waals surface area contributed by atoms with Gasteiger partial charge < -0.3 is 10.4 Å². The van der Waals surface area contributed by atoms with Gasteiger partial charge in [0.15, 0.2) is 0 Å². The van der Waals surface area contributed by atoms with Crippen LogP contribution < -0.4 is 5.32 Å². The first kappa shape index (κ1) is 14.7. The minimum Gasteiger partial charge on any atom is -0.478 e. The molecule has 0 aromatic heterocycles. The lowest BCUT2D eigenvalue weighted by Crippen LogP contribution is -2.14. The smallest absolute Gasteiger partial charge is 0.335 e. The molecule has 2 N–H and O–H groups in total. The minimum atomic E-state index is -1.06. The highest BCUT2D eigenvalue weighted by Crippen LogP contribution is 2.12. The predicted octanol–water partition coefficient (Wildman–Crippen LogP) is 3.58. The fourth-order valence-electron chi connectivity index (χ4n) is 1.79. The van der Waals surface area contributed by atoms with Gasteiger partial charge in [0, 0.05) is 23.1 Å². The third-order valence-electron chi connectivity index (χ3n) is 2.85. The van der Waals surface area contributed by atoms with E-state index in [1.807, 2.05) is 24.3 Å². The Morgan fingerprint density at radius 2 is 1.85 bits per heavy atom. The van der Waals surface area contributed by atoms with Crippen molar-refractivity contribution < 1.29 is 14.3 Å². The summed E-state index contributed by atoms with van der Waals surface area (Å²) in [6, 6.07) is 11.6. The lowest BCUT2D eigenvalue weighted by atomic mass is 10.1. The van der Waals surface area contributed by atoms with Crippen LogP contribution in [-0.4, -0.2) is 11.1 Å². The van der Waals surface area contributed by atoms with Gasteiger partial charge in [-0.1, -0.05) is 28.1 Å². The average Bonchev–Trinajstić information content (AvgIpc) is 2.43. The van der Waals surface area contributed by atoms with E-state index in [2.05, 4.69) is 21.2 Å². The van der Waals surface area contributed by atoms with E-state index in [0.717, 1.165) is 10.0 Å². The number of hydrogen-bond donors (Lipinski definition) is 2.